The summed E-state index contributed by atoms with van der Waals surface area (Å²) in [6, 6.07) is 10.6. The molecule has 29 heavy (non-hydrogen) atoms. The predicted octanol–water partition coefficient (Wildman–Crippen LogP) is 3.75. The first-order valence-electron chi connectivity index (χ1n) is 8.97. The molecular formula is C19H21Cl2N3O4S. The van der Waals surface area contributed by atoms with Gasteiger partial charge in [-0.3, -0.25) is 0 Å². The van der Waals surface area contributed by atoms with Crippen molar-refractivity contribution >= 4 is 39.7 Å². The van der Waals surface area contributed by atoms with Crippen LogP contribution < -0.4 is 14.8 Å². The minimum atomic E-state index is -4.10. The number of hydrogen-bond donors (Lipinski definition) is 1. The Morgan fingerprint density at radius 2 is 1.83 bits per heavy atom. The zero-order valence-electron chi connectivity index (χ0n) is 15.5. The van der Waals surface area contributed by atoms with Gasteiger partial charge in [-0.1, -0.05) is 35.3 Å². The largest absolute Gasteiger partial charge is 0.493 e. The van der Waals surface area contributed by atoms with Crippen LogP contribution >= 0.6 is 23.2 Å². The van der Waals surface area contributed by atoms with Gasteiger partial charge in [-0.25, -0.2) is 0 Å². The summed E-state index contributed by atoms with van der Waals surface area (Å²) < 4.78 is 36.1. The average Bonchev–Trinajstić information content (AvgIpc) is 2.67. The van der Waals surface area contributed by atoms with Crippen molar-refractivity contribution in [3.8, 4) is 11.5 Å². The van der Waals surface area contributed by atoms with Crippen LogP contribution in [-0.4, -0.2) is 39.4 Å². The van der Waals surface area contributed by atoms with Crippen LogP contribution in [0.4, 0.5) is 0 Å². The number of nitrogens with two attached hydrogens (primary N) is 1. The molecule has 0 aromatic heterocycles. The van der Waals surface area contributed by atoms with Crippen molar-refractivity contribution in [3.05, 3.63) is 52.5 Å². The minimum Gasteiger partial charge on any atom is -0.493 e. The molecule has 2 aromatic carbocycles. The summed E-state index contributed by atoms with van der Waals surface area (Å²) >= 11 is 12.1. The number of nitrogens with zero attached hydrogens (tertiary/aromatic N) is 2. The van der Waals surface area contributed by atoms with Gasteiger partial charge in [0.25, 0.3) is 0 Å². The molecule has 0 atom stereocenters. The highest BCUT2D eigenvalue weighted by molar-refractivity contribution is 7.87. The van der Waals surface area contributed by atoms with Crippen molar-refractivity contribution in [3.63, 3.8) is 0 Å². The Labute approximate surface area is 180 Å². The molecule has 0 amide bonds. The first kappa shape index (κ1) is 21.5. The van der Waals surface area contributed by atoms with E-state index in [0.29, 0.717) is 23.3 Å². The summed E-state index contributed by atoms with van der Waals surface area (Å²) in [4.78, 5) is 1.94. The molecular weight excluding hydrogens is 437 g/mol. The van der Waals surface area contributed by atoms with Crippen LogP contribution in [0.5, 0.6) is 11.5 Å². The maximum Gasteiger partial charge on any atom is 0.340 e. The predicted molar refractivity (Wildman–Crippen MR) is 113 cm³/mol. The molecule has 1 aliphatic heterocycles. The number of ether oxygens (including phenoxy) is 1. The van der Waals surface area contributed by atoms with Gasteiger partial charge < -0.3 is 19.7 Å². The van der Waals surface area contributed by atoms with Crippen molar-refractivity contribution < 1.29 is 17.3 Å². The Hall–Kier alpha value is -2.16. The Kier molecular flexibility index (Phi) is 7.10. The highest BCUT2D eigenvalue weighted by Gasteiger charge is 2.21. The van der Waals surface area contributed by atoms with E-state index in [-0.39, 0.29) is 15.7 Å². The molecule has 1 heterocycles. The fourth-order valence-corrected chi connectivity index (χ4v) is 4.66. The van der Waals surface area contributed by atoms with Crippen LogP contribution in [0.1, 0.15) is 12.8 Å². The molecule has 1 saturated heterocycles. The van der Waals surface area contributed by atoms with E-state index in [9.17, 15) is 8.42 Å². The zero-order valence-corrected chi connectivity index (χ0v) is 17.8. The van der Waals surface area contributed by atoms with Crippen LogP contribution in [0.3, 0.4) is 0 Å². The lowest BCUT2D eigenvalue weighted by Gasteiger charge is -2.30. The minimum absolute atomic E-state index is 0.0568. The monoisotopic (exact) mass is 457 g/mol. The summed E-state index contributed by atoms with van der Waals surface area (Å²) in [5.41, 5.74) is 0. The second kappa shape index (κ2) is 9.56. The van der Waals surface area contributed by atoms with Crippen LogP contribution in [0, 0.1) is 5.92 Å². The maximum atomic E-state index is 12.5. The van der Waals surface area contributed by atoms with E-state index in [0.717, 1.165) is 25.9 Å². The van der Waals surface area contributed by atoms with Crippen LogP contribution in [0.15, 0.2) is 52.5 Å². The lowest BCUT2D eigenvalue weighted by atomic mass is 9.98. The molecule has 0 saturated carbocycles. The third kappa shape index (κ3) is 5.91. The molecule has 0 radical (unpaired) electrons. The van der Waals surface area contributed by atoms with Gasteiger partial charge in [0.05, 0.1) is 11.6 Å². The van der Waals surface area contributed by atoms with Gasteiger partial charge in [0.15, 0.2) is 0 Å². The normalized spacial score (nSPS) is 15.6. The first-order valence-corrected chi connectivity index (χ1v) is 11.1. The van der Waals surface area contributed by atoms with E-state index in [2.05, 4.69) is 10.0 Å². The third-order valence-electron chi connectivity index (χ3n) is 4.52. The van der Waals surface area contributed by atoms with Gasteiger partial charge in [-0.05, 0) is 37.0 Å². The third-order valence-corrected chi connectivity index (χ3v) is 6.49. The van der Waals surface area contributed by atoms with E-state index < -0.39 is 10.1 Å². The van der Waals surface area contributed by atoms with Crippen molar-refractivity contribution in [1.29, 1.82) is 0 Å². The summed E-state index contributed by atoms with van der Waals surface area (Å²) in [5.74, 6) is 6.04. The van der Waals surface area contributed by atoms with Gasteiger partial charge in [0, 0.05) is 30.2 Å². The Bertz CT molecular complexity index is 977. The molecule has 3 rings (SSSR count). The smallest absolute Gasteiger partial charge is 0.340 e. The van der Waals surface area contributed by atoms with Crippen molar-refractivity contribution in [2.75, 3.05) is 19.7 Å². The highest BCUT2D eigenvalue weighted by atomic mass is 35.5. The molecule has 156 valence electrons. The number of hydrogen-bond acceptors (Lipinski definition) is 6. The number of rotatable bonds is 7. The fraction of sp³-hybridized carbons (Fsp3) is 0.316. The van der Waals surface area contributed by atoms with Crippen LogP contribution in [0.2, 0.25) is 10.0 Å². The standard InChI is InChI=1S/C19H21Cl2N3O4S/c20-15-9-16(27-12-14-5-7-24(8-6-14)13-23-22)11-17(10-15)28-29(25,26)19-4-2-1-3-18(19)21/h1-4,9-11,13-14H,5-8,12,22H2. The molecule has 0 spiro atoms. The van der Waals surface area contributed by atoms with E-state index >= 15 is 0 Å². The number of hydrazone groups is 1. The SMILES string of the molecule is NN=CN1CCC(COc2cc(Cl)cc(OS(=O)(=O)c3ccccc3Cl)c2)CC1. The molecule has 2 N–H and O–H groups in total. The first-order chi connectivity index (χ1) is 13.9. The quantitative estimate of drug-likeness (QED) is 0.223. The van der Waals surface area contributed by atoms with Gasteiger partial charge in [-0.2, -0.15) is 13.5 Å². The second-order valence-electron chi connectivity index (χ2n) is 6.65. The van der Waals surface area contributed by atoms with Gasteiger partial charge in [0.2, 0.25) is 0 Å². The molecule has 7 nitrogen and oxygen atoms in total. The van der Waals surface area contributed by atoms with Gasteiger partial charge >= 0.3 is 10.1 Å². The second-order valence-corrected chi connectivity index (χ2v) is 9.00. The summed E-state index contributed by atoms with van der Waals surface area (Å²) in [6.07, 6.45) is 3.52. The van der Waals surface area contributed by atoms with Crippen molar-refractivity contribution in [1.82, 2.24) is 4.90 Å². The van der Waals surface area contributed by atoms with E-state index in [1.807, 2.05) is 0 Å². The molecule has 0 bridgehead atoms. The Balaban J connectivity index is 1.65. The summed E-state index contributed by atoms with van der Waals surface area (Å²) in [5, 5.41) is 3.92. The fourth-order valence-electron chi connectivity index (χ4n) is 3.03. The molecule has 1 aliphatic rings. The average molecular weight is 458 g/mol. The summed E-state index contributed by atoms with van der Waals surface area (Å²) in [6.45, 7) is 2.20. The molecule has 2 aromatic rings. The molecule has 10 heteroatoms. The maximum absolute atomic E-state index is 12.5. The molecule has 0 aliphatic carbocycles. The molecule has 0 unspecified atom stereocenters. The highest BCUT2D eigenvalue weighted by Crippen LogP contribution is 2.30. The summed E-state index contributed by atoms with van der Waals surface area (Å²) in [7, 11) is -4.10. The number of piperidine rings is 1. The van der Waals surface area contributed by atoms with Crippen LogP contribution in [-0.2, 0) is 10.1 Å². The van der Waals surface area contributed by atoms with Crippen molar-refractivity contribution in [2.45, 2.75) is 17.7 Å². The Morgan fingerprint density at radius 3 is 2.52 bits per heavy atom. The zero-order chi connectivity index (χ0) is 20.9. The number of halogens is 2. The lowest BCUT2D eigenvalue weighted by Crippen LogP contribution is -2.34. The van der Waals surface area contributed by atoms with E-state index in [1.165, 1.54) is 24.3 Å². The number of benzene rings is 2. The topological polar surface area (TPSA) is 94.2 Å². The Morgan fingerprint density at radius 1 is 1.14 bits per heavy atom. The molecule has 1 fully saturated rings. The van der Waals surface area contributed by atoms with Gasteiger partial charge in [0.1, 0.15) is 22.7 Å². The van der Waals surface area contributed by atoms with Gasteiger partial charge in [-0.15, -0.1) is 0 Å². The van der Waals surface area contributed by atoms with Crippen molar-refractivity contribution in [2.24, 2.45) is 16.9 Å². The van der Waals surface area contributed by atoms with E-state index in [4.69, 9.17) is 38.0 Å². The van der Waals surface area contributed by atoms with Crippen LogP contribution in [0.25, 0.3) is 0 Å². The lowest BCUT2D eigenvalue weighted by molar-refractivity contribution is 0.183. The van der Waals surface area contributed by atoms with E-state index in [1.54, 1.807) is 24.5 Å². The number of likely N-dealkylation sites (tertiary alicyclic amines) is 1.